The van der Waals surface area contributed by atoms with Crippen LogP contribution in [0.15, 0.2) is 22.7 Å². The Morgan fingerprint density at radius 3 is 2.68 bits per heavy atom. The Kier molecular flexibility index (Phi) is 7.90. The number of nitrogens with zero attached hydrogens (tertiary/aromatic N) is 3. The number of hydrogen-bond donors (Lipinski definition) is 2. The van der Waals surface area contributed by atoms with Crippen LogP contribution in [0.5, 0.6) is 5.75 Å². The molecule has 8 nitrogen and oxygen atoms in total. The van der Waals surface area contributed by atoms with E-state index in [-0.39, 0.29) is 5.92 Å². The van der Waals surface area contributed by atoms with Crippen molar-refractivity contribution in [1.82, 2.24) is 10.1 Å². The molecule has 3 N–H and O–H groups in total. The lowest BCUT2D eigenvalue weighted by atomic mass is 9.92. The molecule has 8 heteroatoms. The van der Waals surface area contributed by atoms with Crippen LogP contribution in [0.25, 0.3) is 0 Å². The average Bonchev–Trinajstić information content (AvgIpc) is 3.22. The number of anilines is 1. The molecule has 2 heterocycles. The molecule has 1 fully saturated rings. The van der Waals surface area contributed by atoms with Crippen LogP contribution >= 0.6 is 0 Å². The molecule has 2 aromatic rings. The number of piperidine rings is 1. The Hall–Kier alpha value is -2.61. The topological polar surface area (TPSA) is 115 Å². The fourth-order valence-corrected chi connectivity index (χ4v) is 3.95. The first-order valence-corrected chi connectivity index (χ1v) is 11.2. The third-order valence-corrected chi connectivity index (χ3v) is 5.72. The van der Waals surface area contributed by atoms with Gasteiger partial charge in [-0.05, 0) is 68.7 Å². The maximum Gasteiger partial charge on any atom is 0.324 e. The number of aliphatic hydroxyl groups excluding tert-OH is 1. The molecule has 170 valence electrons. The highest BCUT2D eigenvalue weighted by Crippen LogP contribution is 2.26. The van der Waals surface area contributed by atoms with Crippen molar-refractivity contribution in [3.05, 3.63) is 35.2 Å². The van der Waals surface area contributed by atoms with Crippen LogP contribution < -0.4 is 15.4 Å². The van der Waals surface area contributed by atoms with Crippen LogP contribution in [0.3, 0.4) is 0 Å². The minimum Gasteiger partial charge on any atom is -0.494 e. The molecule has 0 unspecified atom stereocenters. The van der Waals surface area contributed by atoms with Crippen molar-refractivity contribution in [2.45, 2.75) is 64.9 Å². The minimum absolute atomic E-state index is 0.269. The number of carbonyl (C=O) groups excluding carboxylic acids is 1. The number of hydrogen-bond acceptors (Lipinski definition) is 7. The number of rotatable bonds is 10. The van der Waals surface area contributed by atoms with Gasteiger partial charge in [0.05, 0.1) is 12.7 Å². The van der Waals surface area contributed by atoms with E-state index in [1.54, 1.807) is 25.1 Å². The quantitative estimate of drug-likeness (QED) is 0.556. The smallest absolute Gasteiger partial charge is 0.324 e. The molecule has 1 amide bonds. The van der Waals surface area contributed by atoms with Crippen LogP contribution in [0.4, 0.5) is 6.01 Å². The highest BCUT2D eigenvalue weighted by molar-refractivity contribution is 5.94. The number of aliphatic hydroxyl groups is 1. The summed E-state index contributed by atoms with van der Waals surface area (Å²) in [5, 5.41) is 13.7. The number of ether oxygens (including phenoxy) is 1. The molecule has 1 aromatic heterocycles. The third kappa shape index (κ3) is 6.43. The standard InChI is InChI=1S/C23H34N4O4/c1-15(2)22-25-23(31-26-22)27-10-8-17(9-11-27)5-4-12-30-19-6-7-20(21(24)29)18(14-19)13-16(3)28/h6-7,14-17,28H,4-5,8-13H2,1-3H3,(H2,24,29)/t16-/m0/s1. The molecule has 0 bridgehead atoms. The monoisotopic (exact) mass is 430 g/mol. The zero-order chi connectivity index (χ0) is 22.4. The van der Waals surface area contributed by atoms with E-state index >= 15 is 0 Å². The Morgan fingerprint density at radius 1 is 1.32 bits per heavy atom. The van der Waals surface area contributed by atoms with Crippen LogP contribution in [0.1, 0.15) is 74.1 Å². The van der Waals surface area contributed by atoms with Crippen molar-refractivity contribution in [3.63, 3.8) is 0 Å². The second-order valence-electron chi connectivity index (χ2n) is 8.75. The summed E-state index contributed by atoms with van der Waals surface area (Å²) in [5.74, 6) is 1.90. The summed E-state index contributed by atoms with van der Waals surface area (Å²) < 4.78 is 11.3. The lowest BCUT2D eigenvalue weighted by molar-refractivity contribution is 0.0998. The van der Waals surface area contributed by atoms with Crippen molar-refractivity contribution in [2.24, 2.45) is 11.7 Å². The number of aromatic nitrogens is 2. The molecule has 1 aliphatic rings. The van der Waals surface area contributed by atoms with Gasteiger partial charge >= 0.3 is 6.01 Å². The zero-order valence-electron chi connectivity index (χ0n) is 18.7. The maximum atomic E-state index is 11.6. The van der Waals surface area contributed by atoms with Crippen LogP contribution in [0, 0.1) is 5.92 Å². The van der Waals surface area contributed by atoms with Gasteiger partial charge in [-0.15, -0.1) is 0 Å². The summed E-state index contributed by atoms with van der Waals surface area (Å²) in [6.07, 6.45) is 4.09. The van der Waals surface area contributed by atoms with Gasteiger partial charge in [0, 0.05) is 24.6 Å². The molecule has 1 aliphatic heterocycles. The number of primary amides is 1. The molecule has 0 radical (unpaired) electrons. The van der Waals surface area contributed by atoms with Gasteiger partial charge in [0.1, 0.15) is 5.75 Å². The summed E-state index contributed by atoms with van der Waals surface area (Å²) >= 11 is 0. The van der Waals surface area contributed by atoms with Crippen LogP contribution in [-0.2, 0) is 6.42 Å². The van der Waals surface area contributed by atoms with Crippen molar-refractivity contribution < 1.29 is 19.2 Å². The molecule has 0 spiro atoms. The molecule has 1 saturated heterocycles. The highest BCUT2D eigenvalue weighted by Gasteiger charge is 2.23. The van der Waals surface area contributed by atoms with E-state index in [0.29, 0.717) is 41.8 Å². The number of amides is 1. The van der Waals surface area contributed by atoms with Crippen molar-refractivity contribution in [3.8, 4) is 5.75 Å². The van der Waals surface area contributed by atoms with E-state index in [1.807, 2.05) is 0 Å². The lowest BCUT2D eigenvalue weighted by Gasteiger charge is -2.30. The first kappa shape index (κ1) is 23.1. The van der Waals surface area contributed by atoms with Gasteiger partial charge in [-0.2, -0.15) is 4.98 Å². The molecule has 0 saturated carbocycles. The van der Waals surface area contributed by atoms with Crippen molar-refractivity contribution in [1.29, 1.82) is 0 Å². The van der Waals surface area contributed by atoms with E-state index in [4.69, 9.17) is 15.0 Å². The van der Waals surface area contributed by atoms with Gasteiger partial charge in [-0.3, -0.25) is 4.79 Å². The Bertz CT molecular complexity index is 857. The predicted molar refractivity (Wildman–Crippen MR) is 118 cm³/mol. The van der Waals surface area contributed by atoms with Gasteiger partial charge in [0.2, 0.25) is 5.91 Å². The SMILES string of the molecule is CC(C)c1noc(N2CCC(CCCOc3ccc(C(N)=O)c(C[C@H](C)O)c3)CC2)n1. The Labute approximate surface area is 183 Å². The molecule has 1 atom stereocenters. The van der Waals surface area contributed by atoms with Crippen LogP contribution in [0.2, 0.25) is 0 Å². The van der Waals surface area contributed by atoms with Gasteiger partial charge in [0.15, 0.2) is 5.82 Å². The average molecular weight is 431 g/mol. The van der Waals surface area contributed by atoms with Crippen molar-refractivity contribution in [2.75, 3.05) is 24.6 Å². The van der Waals surface area contributed by atoms with Crippen LogP contribution in [-0.4, -0.2) is 47.0 Å². The highest BCUT2D eigenvalue weighted by atomic mass is 16.5. The Morgan fingerprint density at radius 2 is 2.06 bits per heavy atom. The molecular weight excluding hydrogens is 396 g/mol. The van der Waals surface area contributed by atoms with Gasteiger partial charge in [-0.1, -0.05) is 19.0 Å². The first-order chi connectivity index (χ1) is 14.8. The van der Waals surface area contributed by atoms with Gasteiger partial charge < -0.3 is 25.0 Å². The summed E-state index contributed by atoms with van der Waals surface area (Å²) in [6.45, 7) is 8.29. The maximum absolute atomic E-state index is 11.6. The normalized spacial score (nSPS) is 16.0. The van der Waals surface area contributed by atoms with E-state index in [0.717, 1.165) is 44.6 Å². The number of carbonyl (C=O) groups is 1. The lowest BCUT2D eigenvalue weighted by Crippen LogP contribution is -2.34. The zero-order valence-corrected chi connectivity index (χ0v) is 18.7. The summed E-state index contributed by atoms with van der Waals surface area (Å²) in [6, 6.07) is 5.88. The minimum atomic E-state index is -0.552. The Balaban J connectivity index is 1.41. The second-order valence-corrected chi connectivity index (χ2v) is 8.75. The predicted octanol–water partition coefficient (Wildman–Crippen LogP) is 3.29. The molecule has 1 aromatic carbocycles. The number of benzene rings is 1. The third-order valence-electron chi connectivity index (χ3n) is 5.72. The van der Waals surface area contributed by atoms with E-state index < -0.39 is 12.0 Å². The molecule has 3 rings (SSSR count). The number of nitrogens with two attached hydrogens (primary N) is 1. The first-order valence-electron chi connectivity index (χ1n) is 11.2. The molecule has 31 heavy (non-hydrogen) atoms. The van der Waals surface area contributed by atoms with E-state index in [2.05, 4.69) is 28.9 Å². The van der Waals surface area contributed by atoms with Crippen molar-refractivity contribution >= 4 is 11.9 Å². The van der Waals surface area contributed by atoms with E-state index in [9.17, 15) is 9.90 Å². The van der Waals surface area contributed by atoms with E-state index in [1.165, 1.54) is 0 Å². The summed E-state index contributed by atoms with van der Waals surface area (Å²) in [7, 11) is 0. The summed E-state index contributed by atoms with van der Waals surface area (Å²) in [4.78, 5) is 18.2. The molecular formula is C23H34N4O4. The summed E-state index contributed by atoms with van der Waals surface area (Å²) in [5.41, 5.74) is 6.58. The molecule has 0 aliphatic carbocycles. The second kappa shape index (κ2) is 10.6. The fourth-order valence-electron chi connectivity index (χ4n) is 3.95. The largest absolute Gasteiger partial charge is 0.494 e. The van der Waals surface area contributed by atoms with Gasteiger partial charge in [0.25, 0.3) is 0 Å². The fraction of sp³-hybridized carbons (Fsp3) is 0.609. The van der Waals surface area contributed by atoms with Gasteiger partial charge in [-0.25, -0.2) is 0 Å².